The van der Waals surface area contributed by atoms with E-state index in [-0.39, 0.29) is 18.3 Å². The number of piperazine rings is 1. The minimum Gasteiger partial charge on any atom is -0.353 e. The van der Waals surface area contributed by atoms with Crippen molar-refractivity contribution in [2.75, 3.05) is 42.5 Å². The minimum atomic E-state index is -1.11. The lowest BCUT2D eigenvalue weighted by molar-refractivity contribution is 0.198. The van der Waals surface area contributed by atoms with Crippen molar-refractivity contribution in [1.82, 2.24) is 9.88 Å². The van der Waals surface area contributed by atoms with Gasteiger partial charge in [-0.1, -0.05) is 11.6 Å². The number of hydrogen-bond donors (Lipinski definition) is 0. The van der Waals surface area contributed by atoms with Crippen molar-refractivity contribution in [3.05, 3.63) is 52.9 Å². The van der Waals surface area contributed by atoms with Gasteiger partial charge >= 0.3 is 6.03 Å². The first-order valence-corrected chi connectivity index (χ1v) is 9.27. The Morgan fingerprint density at radius 3 is 2.59 bits per heavy atom. The van der Waals surface area contributed by atoms with Crippen LogP contribution in [0.3, 0.4) is 0 Å². The summed E-state index contributed by atoms with van der Waals surface area (Å²) in [4.78, 5) is 22.5. The fourth-order valence-corrected chi connectivity index (χ4v) is 3.77. The number of pyridine rings is 1. The van der Waals surface area contributed by atoms with E-state index in [1.165, 1.54) is 12.3 Å². The largest absolute Gasteiger partial charge is 0.353 e. The van der Waals surface area contributed by atoms with Crippen molar-refractivity contribution in [2.45, 2.75) is 12.6 Å². The number of aromatic nitrogens is 1. The van der Waals surface area contributed by atoms with Gasteiger partial charge in [0.15, 0.2) is 0 Å². The van der Waals surface area contributed by atoms with Crippen LogP contribution in [-0.2, 0) is 0 Å². The molecule has 2 aliphatic heterocycles. The lowest BCUT2D eigenvalue weighted by Gasteiger charge is -2.40. The summed E-state index contributed by atoms with van der Waals surface area (Å²) >= 11 is 5.99. The lowest BCUT2D eigenvalue weighted by Crippen LogP contribution is -2.54. The molecule has 5 nitrogen and oxygen atoms in total. The van der Waals surface area contributed by atoms with Crippen LogP contribution in [0.4, 0.5) is 25.1 Å². The van der Waals surface area contributed by atoms with Crippen LogP contribution in [0.25, 0.3) is 0 Å². The van der Waals surface area contributed by atoms with Gasteiger partial charge in [0.1, 0.15) is 17.8 Å². The number of fused-ring (bicyclic) bond motifs is 1. The van der Waals surface area contributed by atoms with E-state index in [2.05, 4.69) is 4.98 Å². The molecule has 1 atom stereocenters. The lowest BCUT2D eigenvalue weighted by atomic mass is 10.00. The highest BCUT2D eigenvalue weighted by Gasteiger charge is 2.32. The molecule has 0 bridgehead atoms. The molecule has 1 aromatic carbocycles. The zero-order valence-corrected chi connectivity index (χ0v) is 15.4. The van der Waals surface area contributed by atoms with Crippen LogP contribution in [0.1, 0.15) is 18.2 Å². The summed E-state index contributed by atoms with van der Waals surface area (Å²) in [5.41, 5.74) is 1.06. The van der Waals surface area contributed by atoms with E-state index in [4.69, 9.17) is 11.6 Å². The number of rotatable bonds is 1. The average molecular weight is 393 g/mol. The fourth-order valence-electron chi connectivity index (χ4n) is 3.59. The normalized spacial score (nSPS) is 19.8. The Balaban J connectivity index is 1.46. The molecule has 1 fully saturated rings. The molecule has 27 heavy (non-hydrogen) atoms. The summed E-state index contributed by atoms with van der Waals surface area (Å²) in [5.74, 6) is 0.323. The summed E-state index contributed by atoms with van der Waals surface area (Å²) in [7, 11) is 0. The third kappa shape index (κ3) is 3.56. The Labute approximate surface area is 161 Å². The van der Waals surface area contributed by atoms with Crippen LogP contribution in [-0.4, -0.2) is 48.6 Å². The molecule has 2 amide bonds. The Hall–Kier alpha value is -2.41. The van der Waals surface area contributed by atoms with Gasteiger partial charge in [0.05, 0.1) is 11.9 Å². The predicted molar refractivity (Wildman–Crippen MR) is 101 cm³/mol. The Bertz CT molecular complexity index is 840. The quantitative estimate of drug-likeness (QED) is 0.735. The van der Waals surface area contributed by atoms with Crippen LogP contribution in [0.2, 0.25) is 5.02 Å². The SMILES string of the molecule is O=C(N1CCN(c2ccc(F)cn2)CC1)N1CCC(F)c2cc(Cl)ccc21. The minimum absolute atomic E-state index is 0.128. The molecule has 0 aliphatic carbocycles. The van der Waals surface area contributed by atoms with Gasteiger partial charge in [-0.2, -0.15) is 0 Å². The average Bonchev–Trinajstić information content (AvgIpc) is 2.69. The maximum Gasteiger partial charge on any atom is 0.324 e. The monoisotopic (exact) mass is 392 g/mol. The first-order valence-electron chi connectivity index (χ1n) is 8.89. The molecule has 8 heteroatoms. The van der Waals surface area contributed by atoms with Crippen molar-refractivity contribution < 1.29 is 13.6 Å². The van der Waals surface area contributed by atoms with E-state index in [9.17, 15) is 13.6 Å². The highest BCUT2D eigenvalue weighted by molar-refractivity contribution is 6.30. The van der Waals surface area contributed by atoms with Gasteiger partial charge in [-0.05, 0) is 30.3 Å². The van der Waals surface area contributed by atoms with Gasteiger partial charge in [0.25, 0.3) is 0 Å². The van der Waals surface area contributed by atoms with Crippen molar-refractivity contribution in [1.29, 1.82) is 0 Å². The zero-order chi connectivity index (χ0) is 19.0. The van der Waals surface area contributed by atoms with E-state index in [1.54, 1.807) is 34.1 Å². The second kappa shape index (κ2) is 7.31. The zero-order valence-electron chi connectivity index (χ0n) is 14.6. The van der Waals surface area contributed by atoms with E-state index in [0.29, 0.717) is 54.8 Å². The number of carbonyl (C=O) groups excluding carboxylic acids is 1. The van der Waals surface area contributed by atoms with Gasteiger partial charge < -0.3 is 9.80 Å². The number of urea groups is 1. The number of halogens is 3. The molecule has 3 heterocycles. The number of hydrogen-bond acceptors (Lipinski definition) is 3. The third-order valence-electron chi connectivity index (χ3n) is 5.04. The highest BCUT2D eigenvalue weighted by atomic mass is 35.5. The molecule has 1 saturated heterocycles. The first kappa shape index (κ1) is 18.0. The molecule has 0 N–H and O–H groups in total. The van der Waals surface area contributed by atoms with Crippen LogP contribution < -0.4 is 9.80 Å². The number of carbonyl (C=O) groups is 1. The molecule has 0 saturated carbocycles. The molecule has 0 spiro atoms. The summed E-state index contributed by atoms with van der Waals surface area (Å²) in [5, 5.41) is 0.464. The number of amides is 2. The van der Waals surface area contributed by atoms with Crippen molar-refractivity contribution >= 4 is 29.1 Å². The van der Waals surface area contributed by atoms with Gasteiger partial charge in [0.2, 0.25) is 0 Å². The van der Waals surface area contributed by atoms with Gasteiger partial charge in [-0.3, -0.25) is 4.90 Å². The summed E-state index contributed by atoms with van der Waals surface area (Å²) < 4.78 is 27.3. The summed E-state index contributed by atoms with van der Waals surface area (Å²) in [6.07, 6.45) is 0.346. The number of alkyl halides is 1. The number of benzene rings is 1. The number of anilines is 2. The highest BCUT2D eigenvalue weighted by Crippen LogP contribution is 2.38. The maximum absolute atomic E-state index is 14.3. The topological polar surface area (TPSA) is 39.7 Å². The fraction of sp³-hybridized carbons (Fsp3) is 0.368. The van der Waals surface area contributed by atoms with Crippen molar-refractivity contribution in [3.63, 3.8) is 0 Å². The van der Waals surface area contributed by atoms with E-state index < -0.39 is 6.17 Å². The smallest absolute Gasteiger partial charge is 0.324 e. The van der Waals surface area contributed by atoms with Crippen LogP contribution >= 0.6 is 11.6 Å². The maximum atomic E-state index is 14.3. The van der Waals surface area contributed by atoms with E-state index in [1.807, 2.05) is 4.90 Å². The first-order chi connectivity index (χ1) is 13.0. The molecular weight excluding hydrogens is 374 g/mol. The third-order valence-corrected chi connectivity index (χ3v) is 5.28. The Kier molecular flexibility index (Phi) is 4.86. The molecule has 2 aromatic rings. The molecule has 0 radical (unpaired) electrons. The van der Waals surface area contributed by atoms with Crippen LogP contribution in [0.15, 0.2) is 36.5 Å². The Morgan fingerprint density at radius 2 is 1.89 bits per heavy atom. The van der Waals surface area contributed by atoms with Gasteiger partial charge in [-0.25, -0.2) is 18.6 Å². The van der Waals surface area contributed by atoms with Gasteiger partial charge in [-0.15, -0.1) is 0 Å². The van der Waals surface area contributed by atoms with E-state index >= 15 is 0 Å². The second-order valence-corrected chi connectivity index (χ2v) is 7.14. The van der Waals surface area contributed by atoms with E-state index in [0.717, 1.165) is 0 Å². The molecule has 1 aromatic heterocycles. The second-order valence-electron chi connectivity index (χ2n) is 6.70. The molecule has 1 unspecified atom stereocenters. The Morgan fingerprint density at radius 1 is 1.11 bits per heavy atom. The summed E-state index contributed by atoms with van der Waals surface area (Å²) in [6, 6.07) is 7.87. The van der Waals surface area contributed by atoms with Crippen molar-refractivity contribution in [2.24, 2.45) is 0 Å². The predicted octanol–water partition coefficient (Wildman–Crippen LogP) is 4.04. The summed E-state index contributed by atoms with van der Waals surface area (Å²) in [6.45, 7) is 2.61. The van der Waals surface area contributed by atoms with Gasteiger partial charge in [0, 0.05) is 49.7 Å². The molecule has 2 aliphatic rings. The number of nitrogens with zero attached hydrogens (tertiary/aromatic N) is 4. The molecule has 142 valence electrons. The van der Waals surface area contributed by atoms with Crippen LogP contribution in [0, 0.1) is 5.82 Å². The standard InChI is InChI=1S/C19H19ClF2N4O/c20-13-1-3-17-15(11-13)16(22)5-6-26(17)19(27)25-9-7-24(8-10-25)18-4-2-14(21)12-23-18/h1-4,11-12,16H,5-10H2. The van der Waals surface area contributed by atoms with Crippen molar-refractivity contribution in [3.8, 4) is 0 Å². The van der Waals surface area contributed by atoms with Crippen LogP contribution in [0.5, 0.6) is 0 Å². The molecular formula is C19H19ClF2N4O. The molecule has 4 rings (SSSR count).